The molecule has 7 heteroatoms. The highest BCUT2D eigenvalue weighted by molar-refractivity contribution is 7.10. The average molecular weight is 271 g/mol. The molecule has 0 saturated carbocycles. The lowest BCUT2D eigenvalue weighted by atomic mass is 10.3. The lowest BCUT2D eigenvalue weighted by Crippen LogP contribution is -2.35. The van der Waals surface area contributed by atoms with Gasteiger partial charge in [-0.05, 0) is 6.07 Å². The first-order chi connectivity index (χ1) is 8.63. The molecule has 0 atom stereocenters. The molecular weight excluding hydrogens is 254 g/mol. The molecular formula is C11H17N3O3S. The molecule has 18 heavy (non-hydrogen) atoms. The fourth-order valence-electron chi connectivity index (χ4n) is 1.26. The Morgan fingerprint density at radius 1 is 1.50 bits per heavy atom. The van der Waals surface area contributed by atoms with Gasteiger partial charge in [-0.15, -0.1) is 11.3 Å². The quantitative estimate of drug-likeness (QED) is 0.566. The number of ether oxygens (including phenoxy) is 1. The van der Waals surface area contributed by atoms with Gasteiger partial charge in [0.2, 0.25) is 11.8 Å². The largest absolute Gasteiger partial charge is 0.383 e. The third-order valence-electron chi connectivity index (χ3n) is 2.15. The average Bonchev–Trinajstić information content (AvgIpc) is 2.78. The lowest BCUT2D eigenvalue weighted by molar-refractivity contribution is -0.120. The van der Waals surface area contributed by atoms with E-state index in [1.165, 1.54) is 11.3 Å². The number of carbonyl (C=O) groups excluding carboxylic acids is 2. The predicted molar refractivity (Wildman–Crippen MR) is 69.4 cm³/mol. The molecule has 0 aliphatic carbocycles. The van der Waals surface area contributed by atoms with Crippen LogP contribution in [0.5, 0.6) is 0 Å². The maximum absolute atomic E-state index is 11.3. The zero-order chi connectivity index (χ0) is 13.4. The Morgan fingerprint density at radius 3 is 2.89 bits per heavy atom. The van der Waals surface area contributed by atoms with E-state index in [1.54, 1.807) is 18.6 Å². The first-order valence-corrected chi connectivity index (χ1v) is 6.35. The molecule has 0 radical (unpaired) electrons. The van der Waals surface area contributed by atoms with Crippen molar-refractivity contribution >= 4 is 23.2 Å². The van der Waals surface area contributed by atoms with E-state index in [0.717, 1.165) is 4.88 Å². The van der Waals surface area contributed by atoms with Crippen LogP contribution in [0.1, 0.15) is 15.2 Å². The van der Waals surface area contributed by atoms with Gasteiger partial charge >= 0.3 is 0 Å². The number of hydrogen-bond donors (Lipinski definition) is 3. The van der Waals surface area contributed by atoms with Gasteiger partial charge in [0.1, 0.15) is 0 Å². The molecule has 0 aliphatic heterocycles. The van der Waals surface area contributed by atoms with Crippen LogP contribution in [0.15, 0.2) is 11.4 Å². The van der Waals surface area contributed by atoms with Crippen LogP contribution in [-0.4, -0.2) is 38.6 Å². The van der Waals surface area contributed by atoms with E-state index >= 15 is 0 Å². The minimum Gasteiger partial charge on any atom is -0.383 e. The zero-order valence-electron chi connectivity index (χ0n) is 10.2. The summed E-state index contributed by atoms with van der Waals surface area (Å²) in [5.74, 6) is -0.520. The molecule has 6 nitrogen and oxygen atoms in total. The number of nitrogens with two attached hydrogens (primary N) is 1. The van der Waals surface area contributed by atoms with Gasteiger partial charge in [0.25, 0.3) is 0 Å². The maximum atomic E-state index is 11.3. The van der Waals surface area contributed by atoms with Crippen LogP contribution in [0.25, 0.3) is 0 Å². The van der Waals surface area contributed by atoms with Crippen LogP contribution >= 0.6 is 11.3 Å². The van der Waals surface area contributed by atoms with Crippen molar-refractivity contribution in [1.82, 2.24) is 10.6 Å². The predicted octanol–water partition coefficient (Wildman–Crippen LogP) is -0.301. The van der Waals surface area contributed by atoms with E-state index in [4.69, 9.17) is 10.5 Å². The topological polar surface area (TPSA) is 93.4 Å². The van der Waals surface area contributed by atoms with E-state index < -0.39 is 5.91 Å². The van der Waals surface area contributed by atoms with Gasteiger partial charge in [0.15, 0.2) is 0 Å². The Balaban J connectivity index is 2.20. The van der Waals surface area contributed by atoms with Crippen molar-refractivity contribution in [1.29, 1.82) is 0 Å². The molecule has 100 valence electrons. The monoisotopic (exact) mass is 271 g/mol. The second kappa shape index (κ2) is 7.80. The summed E-state index contributed by atoms with van der Waals surface area (Å²) < 4.78 is 4.81. The smallest absolute Gasteiger partial charge is 0.249 e. The summed E-state index contributed by atoms with van der Waals surface area (Å²) in [6.07, 6.45) is 0. The number of primary amides is 1. The van der Waals surface area contributed by atoms with Crippen molar-refractivity contribution < 1.29 is 14.3 Å². The Kier molecular flexibility index (Phi) is 6.34. The highest BCUT2D eigenvalue weighted by atomic mass is 32.1. The Morgan fingerprint density at radius 2 is 2.28 bits per heavy atom. The second-order valence-electron chi connectivity index (χ2n) is 3.61. The first-order valence-electron chi connectivity index (χ1n) is 5.47. The van der Waals surface area contributed by atoms with Gasteiger partial charge in [0, 0.05) is 30.5 Å². The number of rotatable bonds is 8. The summed E-state index contributed by atoms with van der Waals surface area (Å²) in [5.41, 5.74) is 5.64. The number of hydrogen-bond acceptors (Lipinski definition) is 5. The van der Waals surface area contributed by atoms with Crippen LogP contribution in [0.3, 0.4) is 0 Å². The van der Waals surface area contributed by atoms with Crippen molar-refractivity contribution in [3.8, 4) is 0 Å². The standard InChI is InChI=1S/C11H17N3O3S/c1-17-3-2-14-10(15)6-13-5-9-4-8(7-18-9)11(12)16/h4,7,13H,2-3,5-6H2,1H3,(H2,12,16)(H,14,15). The molecule has 0 unspecified atom stereocenters. The summed E-state index contributed by atoms with van der Waals surface area (Å²) in [4.78, 5) is 23.2. The van der Waals surface area contributed by atoms with E-state index in [-0.39, 0.29) is 12.5 Å². The Bertz CT molecular complexity index is 406. The third kappa shape index (κ3) is 5.26. The van der Waals surface area contributed by atoms with E-state index in [9.17, 15) is 9.59 Å². The lowest BCUT2D eigenvalue weighted by Gasteiger charge is -2.05. The summed E-state index contributed by atoms with van der Waals surface area (Å²) >= 11 is 1.44. The van der Waals surface area contributed by atoms with Crippen LogP contribution in [0.4, 0.5) is 0 Å². The summed E-state index contributed by atoms with van der Waals surface area (Å²) in [5, 5.41) is 7.39. The minimum absolute atomic E-state index is 0.0845. The van der Waals surface area contributed by atoms with Gasteiger partial charge in [-0.2, -0.15) is 0 Å². The van der Waals surface area contributed by atoms with E-state index in [0.29, 0.717) is 25.3 Å². The van der Waals surface area contributed by atoms with Gasteiger partial charge in [-0.25, -0.2) is 0 Å². The molecule has 0 saturated heterocycles. The zero-order valence-corrected chi connectivity index (χ0v) is 11.0. The molecule has 0 aliphatic rings. The summed E-state index contributed by atoms with van der Waals surface area (Å²) in [6, 6.07) is 1.73. The molecule has 0 spiro atoms. The van der Waals surface area contributed by atoms with Crippen molar-refractivity contribution in [2.45, 2.75) is 6.54 Å². The molecule has 1 aromatic heterocycles. The van der Waals surface area contributed by atoms with Crippen molar-refractivity contribution in [3.63, 3.8) is 0 Å². The van der Waals surface area contributed by atoms with Gasteiger partial charge in [-0.1, -0.05) is 0 Å². The molecule has 4 N–H and O–H groups in total. The number of thiophene rings is 1. The molecule has 0 fully saturated rings. The summed E-state index contributed by atoms with van der Waals surface area (Å²) in [6.45, 7) is 1.77. The number of carbonyl (C=O) groups is 2. The number of methoxy groups -OCH3 is 1. The molecule has 1 heterocycles. The van der Waals surface area contributed by atoms with Crippen LogP contribution in [-0.2, 0) is 16.1 Å². The van der Waals surface area contributed by atoms with Crippen LogP contribution < -0.4 is 16.4 Å². The second-order valence-corrected chi connectivity index (χ2v) is 4.61. The summed E-state index contributed by atoms with van der Waals surface area (Å²) in [7, 11) is 1.58. The SMILES string of the molecule is COCCNC(=O)CNCc1cc(C(N)=O)cs1. The van der Waals surface area contributed by atoms with Crippen LogP contribution in [0.2, 0.25) is 0 Å². The first kappa shape index (κ1) is 14.6. The Labute approximate surface area is 110 Å². The molecule has 1 aromatic rings. The van der Waals surface area contributed by atoms with E-state index in [1.807, 2.05) is 0 Å². The normalized spacial score (nSPS) is 10.3. The third-order valence-corrected chi connectivity index (χ3v) is 3.09. The highest BCUT2D eigenvalue weighted by Gasteiger charge is 2.05. The van der Waals surface area contributed by atoms with Gasteiger partial charge in [0.05, 0.1) is 18.7 Å². The molecule has 0 aromatic carbocycles. The number of amides is 2. The molecule has 0 bridgehead atoms. The fourth-order valence-corrected chi connectivity index (χ4v) is 2.10. The van der Waals surface area contributed by atoms with Gasteiger partial charge in [-0.3, -0.25) is 9.59 Å². The van der Waals surface area contributed by atoms with Crippen molar-refractivity contribution in [2.24, 2.45) is 5.73 Å². The number of nitrogens with one attached hydrogen (secondary N) is 2. The highest BCUT2D eigenvalue weighted by Crippen LogP contribution is 2.13. The minimum atomic E-state index is -0.435. The molecule has 2 amide bonds. The maximum Gasteiger partial charge on any atom is 0.249 e. The van der Waals surface area contributed by atoms with Gasteiger partial charge < -0.3 is 21.1 Å². The van der Waals surface area contributed by atoms with E-state index in [2.05, 4.69) is 10.6 Å². The molecule has 1 rings (SSSR count). The van der Waals surface area contributed by atoms with Crippen molar-refractivity contribution in [2.75, 3.05) is 26.8 Å². The fraction of sp³-hybridized carbons (Fsp3) is 0.455. The Hall–Kier alpha value is -1.44. The van der Waals surface area contributed by atoms with Crippen molar-refractivity contribution in [3.05, 3.63) is 21.9 Å². The van der Waals surface area contributed by atoms with Crippen LogP contribution in [0, 0.1) is 0 Å².